The van der Waals surface area contributed by atoms with Gasteiger partial charge in [0.15, 0.2) is 0 Å². The Labute approximate surface area is 76.0 Å². The largest absolute Gasteiger partial charge is 0.369 e. The van der Waals surface area contributed by atoms with Gasteiger partial charge in [0.1, 0.15) is 6.10 Å². The fraction of sp³-hybridized carbons (Fsp3) is 0.444. The topological polar surface area (TPSA) is 34.1 Å². The number of rotatable bonds is 1. The zero-order valence-electron chi connectivity index (χ0n) is 9.58. The molecule has 2 heterocycles. The maximum atomic E-state index is 7.39. The third-order valence-corrected chi connectivity index (χ3v) is 1.74. The molecule has 0 aliphatic carbocycles. The quantitative estimate of drug-likeness (QED) is 0.670. The molecule has 3 nitrogen and oxygen atoms in total. The van der Waals surface area contributed by atoms with Crippen LogP contribution in [0.4, 0.5) is 0 Å². The van der Waals surface area contributed by atoms with Gasteiger partial charge in [-0.2, -0.15) is 0 Å². The molecule has 0 bridgehead atoms. The normalized spacial score (nSPS) is 31.7. The summed E-state index contributed by atoms with van der Waals surface area (Å²) in [6.07, 6.45) is 1.23. The lowest BCUT2D eigenvalue weighted by Gasteiger charge is -2.22. The summed E-state index contributed by atoms with van der Waals surface area (Å²) < 4.78 is 27.4. The fourth-order valence-corrected chi connectivity index (χ4v) is 1.13. The number of hydrogen-bond acceptors (Lipinski definition) is 3. The molecular weight excluding hydrogens is 152 g/mol. The predicted molar refractivity (Wildman–Crippen MR) is 45.8 cm³/mol. The van der Waals surface area contributed by atoms with Gasteiger partial charge in [-0.05, 0) is 12.1 Å². The SMILES string of the molecule is [2H]c1ccc([C@@H]2CNC([2H])([2H])CO2)nc1. The molecule has 3 heteroatoms. The molecule has 1 fully saturated rings. The Hall–Kier alpha value is -0.930. The molecule has 0 aromatic carbocycles. The smallest absolute Gasteiger partial charge is 0.112 e. The van der Waals surface area contributed by atoms with E-state index >= 15 is 0 Å². The van der Waals surface area contributed by atoms with Crippen molar-refractivity contribution in [2.75, 3.05) is 19.6 Å². The van der Waals surface area contributed by atoms with E-state index in [-0.39, 0.29) is 12.7 Å². The first-order valence-electron chi connectivity index (χ1n) is 5.36. The van der Waals surface area contributed by atoms with Crippen molar-refractivity contribution in [3.05, 3.63) is 30.1 Å². The summed E-state index contributed by atoms with van der Waals surface area (Å²) in [7, 11) is 0. The number of ether oxygens (including phenoxy) is 1. The Morgan fingerprint density at radius 3 is 3.50 bits per heavy atom. The molecule has 1 aliphatic heterocycles. The van der Waals surface area contributed by atoms with Crippen LogP contribution in [0.5, 0.6) is 0 Å². The summed E-state index contributed by atoms with van der Waals surface area (Å²) in [5, 5.41) is 2.74. The highest BCUT2D eigenvalue weighted by Crippen LogP contribution is 2.14. The minimum absolute atomic E-state index is 0.0158. The van der Waals surface area contributed by atoms with Gasteiger partial charge in [0.25, 0.3) is 0 Å². The summed E-state index contributed by atoms with van der Waals surface area (Å²) in [5.74, 6) is 0. The minimum atomic E-state index is -1.45. The van der Waals surface area contributed by atoms with Gasteiger partial charge in [-0.3, -0.25) is 4.98 Å². The maximum Gasteiger partial charge on any atom is 0.112 e. The first kappa shape index (κ1) is 4.94. The molecule has 1 N–H and O–H groups in total. The minimum Gasteiger partial charge on any atom is -0.369 e. The first-order valence-corrected chi connectivity index (χ1v) is 3.86. The van der Waals surface area contributed by atoms with Gasteiger partial charge in [-0.15, -0.1) is 0 Å². The number of nitrogens with zero attached hydrogens (tertiary/aromatic N) is 1. The van der Waals surface area contributed by atoms with Gasteiger partial charge in [0.2, 0.25) is 0 Å². The highest BCUT2D eigenvalue weighted by Gasteiger charge is 2.15. The summed E-state index contributed by atoms with van der Waals surface area (Å²) in [5.41, 5.74) is 0.731. The molecule has 2 rings (SSSR count). The van der Waals surface area contributed by atoms with Crippen molar-refractivity contribution in [2.24, 2.45) is 0 Å². The number of pyridine rings is 1. The van der Waals surface area contributed by atoms with Crippen LogP contribution in [-0.4, -0.2) is 24.6 Å². The molecule has 0 spiro atoms. The Morgan fingerprint density at radius 1 is 1.83 bits per heavy atom. The van der Waals surface area contributed by atoms with Crippen LogP contribution in [0.25, 0.3) is 0 Å². The Morgan fingerprint density at radius 2 is 2.83 bits per heavy atom. The monoisotopic (exact) mass is 167 g/mol. The van der Waals surface area contributed by atoms with Crippen LogP contribution in [0.1, 0.15) is 15.9 Å². The molecule has 64 valence electrons. The second kappa shape index (κ2) is 3.65. The average molecular weight is 167 g/mol. The van der Waals surface area contributed by atoms with Crippen molar-refractivity contribution in [3.8, 4) is 0 Å². The molecule has 1 aromatic heterocycles. The fourth-order valence-electron chi connectivity index (χ4n) is 1.13. The highest BCUT2D eigenvalue weighted by molar-refractivity contribution is 5.07. The van der Waals surface area contributed by atoms with Crippen LogP contribution < -0.4 is 5.32 Å². The molecule has 0 saturated carbocycles. The van der Waals surface area contributed by atoms with E-state index in [2.05, 4.69) is 10.3 Å². The van der Waals surface area contributed by atoms with E-state index in [9.17, 15) is 0 Å². The van der Waals surface area contributed by atoms with Crippen LogP contribution in [0.3, 0.4) is 0 Å². The number of nitrogens with one attached hydrogen (secondary N) is 1. The van der Waals surface area contributed by atoms with Crippen molar-refractivity contribution < 1.29 is 8.85 Å². The summed E-state index contributed by atoms with van der Waals surface area (Å²) in [6, 6.07) is 3.74. The summed E-state index contributed by atoms with van der Waals surface area (Å²) >= 11 is 0. The van der Waals surface area contributed by atoms with E-state index in [1.807, 2.05) is 0 Å². The van der Waals surface area contributed by atoms with Crippen molar-refractivity contribution in [3.63, 3.8) is 0 Å². The van der Waals surface area contributed by atoms with E-state index in [4.69, 9.17) is 8.85 Å². The predicted octanol–water partition coefficient (Wildman–Crippen LogP) is 0.742. The lowest BCUT2D eigenvalue weighted by Crippen LogP contribution is -2.33. The molecule has 1 aromatic rings. The molecular formula is C9H12N2O. The number of hydrogen-bond donors (Lipinski definition) is 1. The van der Waals surface area contributed by atoms with E-state index in [0.29, 0.717) is 12.6 Å². The molecule has 1 saturated heterocycles. The van der Waals surface area contributed by atoms with Crippen LogP contribution in [0.2, 0.25) is 0 Å². The van der Waals surface area contributed by atoms with E-state index in [1.54, 1.807) is 12.1 Å². The second-order valence-corrected chi connectivity index (χ2v) is 2.54. The van der Waals surface area contributed by atoms with Crippen molar-refractivity contribution in [1.82, 2.24) is 10.3 Å². The van der Waals surface area contributed by atoms with Crippen molar-refractivity contribution >= 4 is 0 Å². The Bertz CT molecular complexity index is 332. The lowest BCUT2D eigenvalue weighted by atomic mass is 10.2. The van der Waals surface area contributed by atoms with Crippen molar-refractivity contribution in [2.45, 2.75) is 6.10 Å². The van der Waals surface area contributed by atoms with E-state index in [0.717, 1.165) is 5.69 Å². The average Bonchev–Trinajstić information content (AvgIpc) is 2.20. The van der Waals surface area contributed by atoms with Gasteiger partial charge in [-0.1, -0.05) is 6.07 Å². The third kappa shape index (κ3) is 1.62. The van der Waals surface area contributed by atoms with Gasteiger partial charge in [0, 0.05) is 22.0 Å². The Kier molecular flexibility index (Phi) is 1.50. The third-order valence-electron chi connectivity index (χ3n) is 1.74. The van der Waals surface area contributed by atoms with E-state index in [1.165, 1.54) is 6.20 Å². The standard InChI is InChI=1S/C9H12N2O/c1-2-4-11-8(3-1)9-7-10-5-6-12-9/h1-4,9-10H,5-7H2/t9-/m0/s1/i2D,5D2. The highest BCUT2D eigenvalue weighted by atomic mass is 16.5. The van der Waals surface area contributed by atoms with Gasteiger partial charge < -0.3 is 10.1 Å². The number of morpholine rings is 1. The van der Waals surface area contributed by atoms with Crippen LogP contribution in [0, 0.1) is 0 Å². The second-order valence-electron chi connectivity index (χ2n) is 2.54. The zero-order chi connectivity index (χ0) is 10.9. The van der Waals surface area contributed by atoms with Crippen molar-refractivity contribution in [1.29, 1.82) is 0 Å². The van der Waals surface area contributed by atoms with Gasteiger partial charge in [0.05, 0.1) is 13.7 Å². The zero-order valence-corrected chi connectivity index (χ0v) is 6.58. The summed E-state index contributed by atoms with van der Waals surface area (Å²) in [6.45, 7) is -1.04. The molecule has 1 atom stereocenters. The number of aromatic nitrogens is 1. The van der Waals surface area contributed by atoms with E-state index < -0.39 is 6.50 Å². The summed E-state index contributed by atoms with van der Waals surface area (Å²) in [4.78, 5) is 4.07. The lowest BCUT2D eigenvalue weighted by molar-refractivity contribution is 0.0250. The van der Waals surface area contributed by atoms with Crippen LogP contribution in [-0.2, 0) is 4.74 Å². The van der Waals surface area contributed by atoms with Gasteiger partial charge >= 0.3 is 0 Å². The molecule has 0 amide bonds. The van der Waals surface area contributed by atoms with Gasteiger partial charge in [-0.25, -0.2) is 0 Å². The molecule has 1 aliphatic rings. The first-order chi connectivity index (χ1) is 7.07. The maximum absolute atomic E-state index is 7.39. The van der Waals surface area contributed by atoms with Crippen LogP contribution >= 0.6 is 0 Å². The Balaban J connectivity index is 2.04. The molecule has 0 unspecified atom stereocenters. The molecule has 0 radical (unpaired) electrons. The molecule has 12 heavy (non-hydrogen) atoms. The van der Waals surface area contributed by atoms with Crippen LogP contribution in [0.15, 0.2) is 24.4 Å².